The molecule has 2 N–H and O–H groups in total. The Morgan fingerprint density at radius 3 is 2.50 bits per heavy atom. The second-order valence-corrected chi connectivity index (χ2v) is 7.18. The van der Waals surface area contributed by atoms with E-state index < -0.39 is 0 Å². The molecule has 0 aromatic rings. The van der Waals surface area contributed by atoms with E-state index in [1.165, 1.54) is 0 Å². The van der Waals surface area contributed by atoms with Crippen LogP contribution in [-0.2, 0) is 9.47 Å². The van der Waals surface area contributed by atoms with Gasteiger partial charge in [-0.15, -0.1) is 24.0 Å². The summed E-state index contributed by atoms with van der Waals surface area (Å²) < 4.78 is 11.1. The highest BCUT2D eigenvalue weighted by atomic mass is 127. The predicted octanol–water partition coefficient (Wildman–Crippen LogP) is 2.86. The number of aliphatic imine (C=N–C) groups is 1. The lowest BCUT2D eigenvalue weighted by Gasteiger charge is -2.30. The lowest BCUT2D eigenvalue weighted by Crippen LogP contribution is -2.41. The second-order valence-electron chi connectivity index (χ2n) is 7.18. The molecule has 0 amide bonds. The van der Waals surface area contributed by atoms with Crippen LogP contribution in [0.25, 0.3) is 0 Å². The first-order valence-corrected chi connectivity index (χ1v) is 10.0. The zero-order valence-corrected chi connectivity index (χ0v) is 19.8. The molecule has 1 saturated heterocycles. The Morgan fingerprint density at radius 1 is 1.19 bits per heavy atom. The Balaban J connectivity index is 0.00000625. The summed E-state index contributed by atoms with van der Waals surface area (Å²) in [5.74, 6) is 0.910. The highest BCUT2D eigenvalue weighted by molar-refractivity contribution is 14.0. The van der Waals surface area contributed by atoms with E-state index in [2.05, 4.69) is 55.1 Å². The molecular formula is C19H41IN4O2. The Hall–Kier alpha value is -0.120. The molecule has 1 aliphatic rings. The van der Waals surface area contributed by atoms with E-state index in [0.717, 1.165) is 71.2 Å². The number of nitrogens with one attached hydrogen (secondary N) is 2. The molecule has 0 bridgehead atoms. The number of ether oxygens (including phenoxy) is 2. The van der Waals surface area contributed by atoms with Gasteiger partial charge < -0.3 is 20.1 Å². The van der Waals surface area contributed by atoms with Crippen LogP contribution in [-0.4, -0.2) is 75.0 Å². The molecular weight excluding hydrogens is 443 g/mol. The first kappa shape index (κ1) is 25.9. The standard InChI is InChI=1S/C19H40N4O2.HI/c1-6-20-19(21-10-7-12-23(16(2)3)17(4)5)22-11-8-13-25-18-9-14-24-15-18;/h16-18H,6-15H2,1-5H3,(H2,20,21,22);1H. The van der Waals surface area contributed by atoms with Gasteiger partial charge in [0.15, 0.2) is 5.96 Å². The van der Waals surface area contributed by atoms with Gasteiger partial charge in [-0.2, -0.15) is 0 Å². The van der Waals surface area contributed by atoms with Crippen molar-refractivity contribution >= 4 is 29.9 Å². The van der Waals surface area contributed by atoms with Crippen molar-refractivity contribution in [1.29, 1.82) is 0 Å². The van der Waals surface area contributed by atoms with Crippen LogP contribution in [0.4, 0.5) is 0 Å². The van der Waals surface area contributed by atoms with E-state index in [4.69, 9.17) is 9.47 Å². The number of guanidine groups is 1. The van der Waals surface area contributed by atoms with Gasteiger partial charge in [-0.05, 0) is 53.9 Å². The van der Waals surface area contributed by atoms with E-state index in [0.29, 0.717) is 18.2 Å². The molecule has 26 heavy (non-hydrogen) atoms. The van der Waals surface area contributed by atoms with Crippen LogP contribution in [0, 0.1) is 0 Å². The maximum atomic E-state index is 5.77. The van der Waals surface area contributed by atoms with E-state index in [1.807, 2.05) is 0 Å². The van der Waals surface area contributed by atoms with Crippen molar-refractivity contribution in [2.75, 3.05) is 46.0 Å². The van der Waals surface area contributed by atoms with E-state index in [1.54, 1.807) is 0 Å². The lowest BCUT2D eigenvalue weighted by molar-refractivity contribution is 0.0424. The summed E-state index contributed by atoms with van der Waals surface area (Å²) in [6.45, 7) is 17.2. The number of hydrogen-bond acceptors (Lipinski definition) is 4. The third kappa shape index (κ3) is 11.6. The quantitative estimate of drug-likeness (QED) is 0.193. The molecule has 0 aromatic heterocycles. The Kier molecular flexibility index (Phi) is 15.8. The predicted molar refractivity (Wildman–Crippen MR) is 121 cm³/mol. The highest BCUT2D eigenvalue weighted by Crippen LogP contribution is 2.08. The third-order valence-electron chi connectivity index (χ3n) is 4.37. The first-order valence-electron chi connectivity index (χ1n) is 10.0. The van der Waals surface area contributed by atoms with Crippen LogP contribution in [0.1, 0.15) is 53.9 Å². The van der Waals surface area contributed by atoms with Gasteiger partial charge >= 0.3 is 0 Å². The van der Waals surface area contributed by atoms with Gasteiger partial charge in [-0.25, -0.2) is 0 Å². The molecule has 0 radical (unpaired) electrons. The van der Waals surface area contributed by atoms with E-state index in [9.17, 15) is 0 Å². The Morgan fingerprint density at radius 2 is 1.92 bits per heavy atom. The number of halogens is 1. The Labute approximate surface area is 177 Å². The molecule has 6 nitrogen and oxygen atoms in total. The molecule has 1 atom stereocenters. The summed E-state index contributed by atoms with van der Waals surface area (Å²) in [4.78, 5) is 7.16. The van der Waals surface area contributed by atoms with Crippen LogP contribution in [0.2, 0.25) is 0 Å². The monoisotopic (exact) mass is 484 g/mol. The van der Waals surface area contributed by atoms with Gasteiger partial charge in [0, 0.05) is 51.5 Å². The van der Waals surface area contributed by atoms with Crippen molar-refractivity contribution in [3.63, 3.8) is 0 Å². The molecule has 156 valence electrons. The van der Waals surface area contributed by atoms with E-state index >= 15 is 0 Å². The highest BCUT2D eigenvalue weighted by Gasteiger charge is 2.15. The van der Waals surface area contributed by atoms with Gasteiger partial charge in [-0.3, -0.25) is 9.89 Å². The van der Waals surface area contributed by atoms with Gasteiger partial charge in [0.1, 0.15) is 0 Å². The zero-order chi connectivity index (χ0) is 18.5. The molecule has 7 heteroatoms. The summed E-state index contributed by atoms with van der Waals surface area (Å²) >= 11 is 0. The van der Waals surface area contributed by atoms with Crippen molar-refractivity contribution in [2.45, 2.75) is 72.1 Å². The SMILES string of the molecule is CCNC(=NCCCOC1CCOC1)NCCCN(C(C)C)C(C)C.I. The minimum Gasteiger partial charge on any atom is -0.379 e. The molecule has 1 unspecified atom stereocenters. The van der Waals surface area contributed by atoms with Gasteiger partial charge in [-0.1, -0.05) is 0 Å². The minimum atomic E-state index is 0. The fourth-order valence-corrected chi connectivity index (χ4v) is 3.07. The number of hydrogen-bond donors (Lipinski definition) is 2. The van der Waals surface area contributed by atoms with Crippen LogP contribution in [0.5, 0.6) is 0 Å². The normalized spacial score (nSPS) is 17.8. The molecule has 0 aliphatic carbocycles. The Bertz CT molecular complexity index is 353. The third-order valence-corrected chi connectivity index (χ3v) is 4.37. The van der Waals surface area contributed by atoms with Crippen molar-refractivity contribution in [3.05, 3.63) is 0 Å². The summed E-state index contributed by atoms with van der Waals surface area (Å²) in [7, 11) is 0. The molecule has 1 rings (SSSR count). The fraction of sp³-hybridized carbons (Fsp3) is 0.947. The summed E-state index contributed by atoms with van der Waals surface area (Å²) in [6, 6.07) is 1.18. The minimum absolute atomic E-state index is 0. The lowest BCUT2D eigenvalue weighted by atomic mass is 10.2. The van der Waals surface area contributed by atoms with Gasteiger partial charge in [0.05, 0.1) is 12.7 Å². The average molecular weight is 484 g/mol. The smallest absolute Gasteiger partial charge is 0.191 e. The van der Waals surface area contributed by atoms with Crippen molar-refractivity contribution < 1.29 is 9.47 Å². The van der Waals surface area contributed by atoms with E-state index in [-0.39, 0.29) is 24.0 Å². The molecule has 0 aromatic carbocycles. The second kappa shape index (κ2) is 15.9. The number of rotatable bonds is 12. The maximum Gasteiger partial charge on any atom is 0.191 e. The summed E-state index contributed by atoms with van der Waals surface area (Å²) in [5, 5.41) is 6.75. The van der Waals surface area contributed by atoms with Crippen LogP contribution >= 0.6 is 24.0 Å². The summed E-state index contributed by atoms with van der Waals surface area (Å²) in [6.07, 6.45) is 3.38. The molecule has 1 aliphatic heterocycles. The van der Waals surface area contributed by atoms with Crippen molar-refractivity contribution in [3.8, 4) is 0 Å². The van der Waals surface area contributed by atoms with Crippen LogP contribution < -0.4 is 10.6 Å². The first-order chi connectivity index (χ1) is 12.0. The molecule has 1 heterocycles. The molecule has 0 spiro atoms. The van der Waals surface area contributed by atoms with Gasteiger partial charge in [0.2, 0.25) is 0 Å². The largest absolute Gasteiger partial charge is 0.379 e. The maximum absolute atomic E-state index is 5.77. The fourth-order valence-electron chi connectivity index (χ4n) is 3.07. The zero-order valence-electron chi connectivity index (χ0n) is 17.4. The molecule has 1 fully saturated rings. The molecule has 0 saturated carbocycles. The van der Waals surface area contributed by atoms with Crippen LogP contribution in [0.15, 0.2) is 4.99 Å². The van der Waals surface area contributed by atoms with Crippen molar-refractivity contribution in [1.82, 2.24) is 15.5 Å². The summed E-state index contributed by atoms with van der Waals surface area (Å²) in [5.41, 5.74) is 0. The number of nitrogens with zero attached hydrogens (tertiary/aromatic N) is 2. The average Bonchev–Trinajstić information content (AvgIpc) is 3.06. The topological polar surface area (TPSA) is 58.1 Å². The van der Waals surface area contributed by atoms with Crippen molar-refractivity contribution in [2.24, 2.45) is 4.99 Å². The van der Waals surface area contributed by atoms with Crippen LogP contribution in [0.3, 0.4) is 0 Å². The van der Waals surface area contributed by atoms with Gasteiger partial charge in [0.25, 0.3) is 0 Å².